The lowest BCUT2D eigenvalue weighted by Crippen LogP contribution is -2.21. The molecule has 0 aliphatic carbocycles. The Hall–Kier alpha value is -2.60. The molecule has 0 fully saturated rings. The van der Waals surface area contributed by atoms with Gasteiger partial charge in [0.25, 0.3) is 0 Å². The predicted octanol–water partition coefficient (Wildman–Crippen LogP) is 4.48. The number of Topliss-reactive ketones (excluding diaryl/α,β-unsaturated/α-hetero) is 1. The molecule has 3 N–H and O–H groups in total. The van der Waals surface area contributed by atoms with Crippen molar-refractivity contribution in [2.24, 2.45) is 5.73 Å². The number of para-hydroxylation sites is 1. The number of hydrogen-bond acceptors (Lipinski definition) is 2. The van der Waals surface area contributed by atoms with E-state index in [0.29, 0.717) is 0 Å². The lowest BCUT2D eigenvalue weighted by atomic mass is 9.86. The Balaban J connectivity index is 2.21. The fraction of sp³-hybridized carbons (Fsp3) is 0.211. The average Bonchev–Trinajstić information content (AvgIpc) is 3.03. The van der Waals surface area contributed by atoms with Crippen molar-refractivity contribution in [1.82, 2.24) is 4.98 Å². The molecule has 3 nitrogen and oxygen atoms in total. The molecule has 0 amide bonds. The molecule has 3 rings (SSSR count). The number of hydrogen-bond donors (Lipinski definition) is 2. The van der Waals surface area contributed by atoms with Gasteiger partial charge in [0.05, 0.1) is 12.1 Å². The molecule has 3 aromatic rings. The molecular weight excluding hydrogens is 329 g/mol. The van der Waals surface area contributed by atoms with E-state index in [-0.39, 0.29) is 11.1 Å². The van der Waals surface area contributed by atoms with Crippen molar-refractivity contribution in [2.45, 2.75) is 19.0 Å². The molecule has 0 aliphatic heterocycles. The van der Waals surface area contributed by atoms with Crippen LogP contribution in [-0.2, 0) is 6.18 Å². The molecule has 0 bridgehead atoms. The van der Waals surface area contributed by atoms with Crippen molar-refractivity contribution >= 4 is 16.7 Å². The number of alkyl halides is 3. The van der Waals surface area contributed by atoms with Crippen molar-refractivity contribution in [2.75, 3.05) is 6.54 Å². The van der Waals surface area contributed by atoms with E-state index < -0.39 is 30.0 Å². The second kappa shape index (κ2) is 6.37. The molecule has 1 aromatic heterocycles. The third-order valence-electron chi connectivity index (χ3n) is 4.42. The number of benzene rings is 2. The number of H-pyrrole nitrogens is 1. The summed E-state index contributed by atoms with van der Waals surface area (Å²) in [6.07, 6.45) is -2.93. The average molecular weight is 346 g/mol. The molecule has 0 spiro atoms. The van der Waals surface area contributed by atoms with Crippen LogP contribution in [0.5, 0.6) is 0 Å². The van der Waals surface area contributed by atoms with Crippen LogP contribution in [0.1, 0.15) is 39.9 Å². The first-order chi connectivity index (χ1) is 11.8. The van der Waals surface area contributed by atoms with E-state index >= 15 is 0 Å². The standard InChI is InChI=1S/C19H17F3N2O/c1-11(15-10-24-16-8-3-2-5-13(15)16)12-6-4-7-14(17(25)9-23)18(12)19(20,21)22/h2-8,10-11,24H,9,23H2,1H3/t11-/m1/s1. The Bertz CT molecular complexity index is 928. The molecule has 1 atom stereocenters. The molecule has 130 valence electrons. The van der Waals surface area contributed by atoms with Crippen LogP contribution < -0.4 is 5.73 Å². The molecule has 1 heterocycles. The van der Waals surface area contributed by atoms with Gasteiger partial charge in [-0.3, -0.25) is 4.79 Å². The summed E-state index contributed by atoms with van der Waals surface area (Å²) in [5.41, 5.74) is 5.68. The van der Waals surface area contributed by atoms with Gasteiger partial charge in [-0.15, -0.1) is 0 Å². The van der Waals surface area contributed by atoms with Gasteiger partial charge in [-0.2, -0.15) is 13.2 Å². The molecule has 0 saturated heterocycles. The van der Waals surface area contributed by atoms with Gasteiger partial charge in [0, 0.05) is 28.6 Å². The minimum atomic E-state index is -4.64. The van der Waals surface area contributed by atoms with Crippen LogP contribution in [0.15, 0.2) is 48.7 Å². The Morgan fingerprint density at radius 1 is 1.12 bits per heavy atom. The van der Waals surface area contributed by atoms with Gasteiger partial charge in [-0.25, -0.2) is 0 Å². The Labute approximate surface area is 142 Å². The maximum atomic E-state index is 13.7. The van der Waals surface area contributed by atoms with Gasteiger partial charge in [0.1, 0.15) is 0 Å². The number of carbonyl (C=O) groups excluding carboxylic acids is 1. The zero-order chi connectivity index (χ0) is 18.2. The van der Waals surface area contributed by atoms with Gasteiger partial charge in [-0.05, 0) is 17.2 Å². The van der Waals surface area contributed by atoms with E-state index in [1.165, 1.54) is 18.2 Å². The van der Waals surface area contributed by atoms with Crippen molar-refractivity contribution in [1.29, 1.82) is 0 Å². The second-order valence-electron chi connectivity index (χ2n) is 5.91. The maximum Gasteiger partial charge on any atom is 0.417 e. The summed E-state index contributed by atoms with van der Waals surface area (Å²) < 4.78 is 41.2. The molecule has 25 heavy (non-hydrogen) atoms. The van der Waals surface area contributed by atoms with Crippen LogP contribution in [0.25, 0.3) is 10.9 Å². The number of aromatic amines is 1. The Morgan fingerprint density at radius 2 is 1.84 bits per heavy atom. The first-order valence-corrected chi connectivity index (χ1v) is 7.84. The fourth-order valence-corrected chi connectivity index (χ4v) is 3.21. The summed E-state index contributed by atoms with van der Waals surface area (Å²) in [5, 5.41) is 0.860. The van der Waals surface area contributed by atoms with Gasteiger partial charge >= 0.3 is 6.18 Å². The number of fused-ring (bicyclic) bond motifs is 1. The monoisotopic (exact) mass is 346 g/mol. The van der Waals surface area contributed by atoms with Gasteiger partial charge < -0.3 is 10.7 Å². The largest absolute Gasteiger partial charge is 0.417 e. The van der Waals surface area contributed by atoms with Crippen molar-refractivity contribution in [3.05, 3.63) is 70.9 Å². The van der Waals surface area contributed by atoms with E-state index in [1.807, 2.05) is 24.3 Å². The molecule has 0 radical (unpaired) electrons. The van der Waals surface area contributed by atoms with E-state index in [4.69, 9.17) is 5.73 Å². The lowest BCUT2D eigenvalue weighted by Gasteiger charge is -2.21. The summed E-state index contributed by atoms with van der Waals surface area (Å²) in [5.74, 6) is -1.27. The lowest BCUT2D eigenvalue weighted by molar-refractivity contribution is -0.138. The number of rotatable bonds is 4. The minimum Gasteiger partial charge on any atom is -0.361 e. The van der Waals surface area contributed by atoms with Crippen LogP contribution in [0.3, 0.4) is 0 Å². The molecule has 0 saturated carbocycles. The zero-order valence-electron chi connectivity index (χ0n) is 13.5. The van der Waals surface area contributed by atoms with Gasteiger partial charge in [0.2, 0.25) is 0 Å². The van der Waals surface area contributed by atoms with Crippen LogP contribution in [0.4, 0.5) is 13.2 Å². The number of carbonyl (C=O) groups is 1. The molecule has 6 heteroatoms. The maximum absolute atomic E-state index is 13.7. The van der Waals surface area contributed by atoms with Gasteiger partial charge in [-0.1, -0.05) is 43.3 Å². The van der Waals surface area contributed by atoms with Crippen LogP contribution in [0.2, 0.25) is 0 Å². The smallest absolute Gasteiger partial charge is 0.361 e. The number of aromatic nitrogens is 1. The molecule has 0 unspecified atom stereocenters. The fourth-order valence-electron chi connectivity index (χ4n) is 3.21. The van der Waals surface area contributed by atoms with E-state index in [2.05, 4.69) is 4.98 Å². The molecular formula is C19H17F3N2O. The first-order valence-electron chi connectivity index (χ1n) is 7.84. The van der Waals surface area contributed by atoms with Crippen LogP contribution in [0, 0.1) is 0 Å². The van der Waals surface area contributed by atoms with Crippen LogP contribution >= 0.6 is 0 Å². The highest BCUT2D eigenvalue weighted by molar-refractivity contribution is 5.99. The van der Waals surface area contributed by atoms with Crippen molar-refractivity contribution in [3.8, 4) is 0 Å². The highest BCUT2D eigenvalue weighted by Gasteiger charge is 2.38. The first kappa shape index (κ1) is 17.2. The highest BCUT2D eigenvalue weighted by Crippen LogP contribution is 2.41. The topological polar surface area (TPSA) is 58.9 Å². The third-order valence-corrected chi connectivity index (χ3v) is 4.42. The van der Waals surface area contributed by atoms with E-state index in [1.54, 1.807) is 13.1 Å². The third kappa shape index (κ3) is 3.05. The van der Waals surface area contributed by atoms with E-state index in [0.717, 1.165) is 16.5 Å². The number of nitrogens with one attached hydrogen (secondary N) is 1. The number of halogens is 3. The van der Waals surface area contributed by atoms with Crippen molar-refractivity contribution < 1.29 is 18.0 Å². The van der Waals surface area contributed by atoms with E-state index in [9.17, 15) is 18.0 Å². The summed E-state index contributed by atoms with van der Waals surface area (Å²) in [4.78, 5) is 15.0. The highest BCUT2D eigenvalue weighted by atomic mass is 19.4. The number of nitrogens with two attached hydrogens (primary N) is 1. The second-order valence-corrected chi connectivity index (χ2v) is 5.91. The van der Waals surface area contributed by atoms with Crippen LogP contribution in [-0.4, -0.2) is 17.3 Å². The zero-order valence-corrected chi connectivity index (χ0v) is 13.5. The SMILES string of the molecule is C[C@H](c1cccc(C(=O)CN)c1C(F)(F)F)c1c[nH]c2ccccc12. The summed E-state index contributed by atoms with van der Waals surface area (Å²) in [7, 11) is 0. The Kier molecular flexibility index (Phi) is 4.39. The normalized spacial score (nSPS) is 13.2. The summed E-state index contributed by atoms with van der Waals surface area (Å²) in [6.45, 7) is 1.24. The predicted molar refractivity (Wildman–Crippen MR) is 90.6 cm³/mol. The summed E-state index contributed by atoms with van der Waals surface area (Å²) in [6, 6.07) is 11.5. The number of ketones is 1. The summed E-state index contributed by atoms with van der Waals surface area (Å²) >= 11 is 0. The molecule has 2 aromatic carbocycles. The minimum absolute atomic E-state index is 0.0663. The quantitative estimate of drug-likeness (QED) is 0.684. The van der Waals surface area contributed by atoms with Crippen molar-refractivity contribution in [3.63, 3.8) is 0 Å². The van der Waals surface area contributed by atoms with Gasteiger partial charge in [0.15, 0.2) is 5.78 Å². The molecule has 0 aliphatic rings. The Morgan fingerprint density at radius 3 is 2.52 bits per heavy atom.